The average molecular weight is 252 g/mol. The van der Waals surface area contributed by atoms with Gasteiger partial charge >= 0.3 is 0 Å². The van der Waals surface area contributed by atoms with Crippen LogP contribution in [-0.4, -0.2) is 35.3 Å². The van der Waals surface area contributed by atoms with E-state index in [9.17, 15) is 9.59 Å². The summed E-state index contributed by atoms with van der Waals surface area (Å²) in [6.45, 7) is 4.26. The lowest BCUT2D eigenvalue weighted by molar-refractivity contribution is -0.148. The van der Waals surface area contributed by atoms with Gasteiger partial charge in [-0.25, -0.2) is 0 Å². The SMILES string of the molecule is CC1(C)NC(=O)CN(CCc2cccs2)C1=O. The first-order valence-electron chi connectivity index (χ1n) is 5.62. The van der Waals surface area contributed by atoms with Gasteiger partial charge in [-0.2, -0.15) is 0 Å². The summed E-state index contributed by atoms with van der Waals surface area (Å²) in [5.74, 6) is -0.0885. The van der Waals surface area contributed by atoms with Gasteiger partial charge in [0.25, 0.3) is 0 Å². The molecule has 0 aliphatic carbocycles. The van der Waals surface area contributed by atoms with Crippen molar-refractivity contribution in [1.82, 2.24) is 10.2 Å². The summed E-state index contributed by atoms with van der Waals surface area (Å²) in [6.07, 6.45) is 0.812. The zero-order chi connectivity index (χ0) is 12.5. The average Bonchev–Trinajstić information content (AvgIpc) is 2.73. The molecule has 5 heteroatoms. The number of piperazine rings is 1. The molecule has 0 atom stereocenters. The Bertz CT molecular complexity index is 426. The van der Waals surface area contributed by atoms with Crippen LogP contribution in [0.2, 0.25) is 0 Å². The summed E-state index contributed by atoms with van der Waals surface area (Å²) in [7, 11) is 0. The largest absolute Gasteiger partial charge is 0.341 e. The fourth-order valence-corrected chi connectivity index (χ4v) is 2.66. The standard InChI is InChI=1S/C12H16N2O2S/c1-12(2)11(16)14(8-10(15)13-12)6-5-9-4-3-7-17-9/h3-4,7H,5-6,8H2,1-2H3,(H,13,15). The van der Waals surface area contributed by atoms with Crippen LogP contribution in [0.5, 0.6) is 0 Å². The smallest absolute Gasteiger partial charge is 0.248 e. The molecule has 0 saturated carbocycles. The monoisotopic (exact) mass is 252 g/mol. The number of carbonyl (C=O) groups excluding carboxylic acids is 2. The van der Waals surface area contributed by atoms with Crippen molar-refractivity contribution in [3.8, 4) is 0 Å². The van der Waals surface area contributed by atoms with Crippen molar-refractivity contribution >= 4 is 23.2 Å². The van der Waals surface area contributed by atoms with Crippen LogP contribution in [0.1, 0.15) is 18.7 Å². The van der Waals surface area contributed by atoms with Gasteiger partial charge in [-0.3, -0.25) is 9.59 Å². The van der Waals surface area contributed by atoms with Crippen LogP contribution < -0.4 is 5.32 Å². The number of hydrogen-bond acceptors (Lipinski definition) is 3. The van der Waals surface area contributed by atoms with Crippen LogP contribution in [0.15, 0.2) is 17.5 Å². The molecule has 1 aliphatic heterocycles. The zero-order valence-corrected chi connectivity index (χ0v) is 10.8. The summed E-state index contributed by atoms with van der Waals surface area (Å²) >= 11 is 1.67. The number of nitrogens with zero attached hydrogens (tertiary/aromatic N) is 1. The molecule has 1 saturated heterocycles. The molecule has 1 aliphatic rings. The summed E-state index contributed by atoms with van der Waals surface area (Å²) in [6, 6.07) is 4.04. The van der Waals surface area contributed by atoms with E-state index in [2.05, 4.69) is 5.32 Å². The van der Waals surface area contributed by atoms with E-state index >= 15 is 0 Å². The molecule has 0 spiro atoms. The second-order valence-electron chi connectivity index (χ2n) is 4.73. The van der Waals surface area contributed by atoms with Gasteiger partial charge < -0.3 is 10.2 Å². The topological polar surface area (TPSA) is 49.4 Å². The van der Waals surface area contributed by atoms with Gasteiger partial charge in [-0.05, 0) is 31.7 Å². The van der Waals surface area contributed by atoms with E-state index in [1.807, 2.05) is 17.5 Å². The number of hydrogen-bond donors (Lipinski definition) is 1. The van der Waals surface area contributed by atoms with Gasteiger partial charge in [0.05, 0.1) is 6.54 Å². The van der Waals surface area contributed by atoms with Crippen LogP contribution in [0.4, 0.5) is 0 Å². The Balaban J connectivity index is 2.00. The third-order valence-electron chi connectivity index (χ3n) is 2.82. The van der Waals surface area contributed by atoms with Crippen LogP contribution in [-0.2, 0) is 16.0 Å². The Morgan fingerprint density at radius 3 is 2.88 bits per heavy atom. The van der Waals surface area contributed by atoms with Crippen molar-refractivity contribution in [3.63, 3.8) is 0 Å². The number of rotatable bonds is 3. The van der Waals surface area contributed by atoms with Crippen molar-refractivity contribution in [2.75, 3.05) is 13.1 Å². The molecule has 2 heterocycles. The maximum absolute atomic E-state index is 12.1. The molecule has 1 aromatic heterocycles. The zero-order valence-electron chi connectivity index (χ0n) is 10.0. The van der Waals surface area contributed by atoms with E-state index in [1.165, 1.54) is 4.88 Å². The minimum Gasteiger partial charge on any atom is -0.341 e. The third kappa shape index (κ3) is 2.66. The van der Waals surface area contributed by atoms with Crippen molar-refractivity contribution in [3.05, 3.63) is 22.4 Å². The molecule has 2 amide bonds. The molecule has 4 nitrogen and oxygen atoms in total. The van der Waals surface area contributed by atoms with Gasteiger partial charge in [0.15, 0.2) is 0 Å². The maximum Gasteiger partial charge on any atom is 0.248 e. The minimum absolute atomic E-state index is 0.00587. The molecule has 2 rings (SSSR count). The van der Waals surface area contributed by atoms with Crippen molar-refractivity contribution in [1.29, 1.82) is 0 Å². The highest BCUT2D eigenvalue weighted by Crippen LogP contribution is 2.15. The number of thiophene rings is 1. The Labute approximate surface area is 105 Å². The van der Waals surface area contributed by atoms with Crippen LogP contribution >= 0.6 is 11.3 Å². The quantitative estimate of drug-likeness (QED) is 0.873. The lowest BCUT2D eigenvalue weighted by Crippen LogP contribution is -2.63. The van der Waals surface area contributed by atoms with Crippen LogP contribution in [0, 0.1) is 0 Å². The van der Waals surface area contributed by atoms with Crippen molar-refractivity contribution < 1.29 is 9.59 Å². The first-order valence-corrected chi connectivity index (χ1v) is 6.50. The second kappa shape index (κ2) is 4.49. The van der Waals surface area contributed by atoms with Gasteiger partial charge in [0.2, 0.25) is 11.8 Å². The highest BCUT2D eigenvalue weighted by molar-refractivity contribution is 7.09. The lowest BCUT2D eigenvalue weighted by atomic mass is 10.0. The third-order valence-corrected chi connectivity index (χ3v) is 3.75. The molecule has 1 fully saturated rings. The molecule has 92 valence electrons. The second-order valence-corrected chi connectivity index (χ2v) is 5.76. The lowest BCUT2D eigenvalue weighted by Gasteiger charge is -2.37. The van der Waals surface area contributed by atoms with Crippen LogP contribution in [0.25, 0.3) is 0 Å². The Hall–Kier alpha value is -1.36. The molecule has 1 aromatic rings. The molecule has 17 heavy (non-hydrogen) atoms. The van der Waals surface area contributed by atoms with E-state index in [1.54, 1.807) is 30.1 Å². The van der Waals surface area contributed by atoms with E-state index in [0.29, 0.717) is 6.54 Å². The molecule has 1 N–H and O–H groups in total. The Kier molecular flexibility index (Phi) is 3.19. The fourth-order valence-electron chi connectivity index (χ4n) is 1.96. The van der Waals surface area contributed by atoms with Gasteiger partial charge in [-0.15, -0.1) is 11.3 Å². The summed E-state index contributed by atoms with van der Waals surface area (Å²) in [5, 5.41) is 4.72. The van der Waals surface area contributed by atoms with Crippen LogP contribution in [0.3, 0.4) is 0 Å². The predicted octanol–water partition coefficient (Wildman–Crippen LogP) is 1.03. The highest BCUT2D eigenvalue weighted by Gasteiger charge is 2.38. The fraction of sp³-hybridized carbons (Fsp3) is 0.500. The molecule has 0 aromatic carbocycles. The van der Waals surface area contributed by atoms with E-state index in [4.69, 9.17) is 0 Å². The molecular formula is C12H16N2O2S. The predicted molar refractivity (Wildman–Crippen MR) is 66.8 cm³/mol. The Morgan fingerprint density at radius 1 is 1.47 bits per heavy atom. The molecule has 0 unspecified atom stereocenters. The highest BCUT2D eigenvalue weighted by atomic mass is 32.1. The summed E-state index contributed by atoms with van der Waals surface area (Å²) in [4.78, 5) is 26.4. The maximum atomic E-state index is 12.1. The van der Waals surface area contributed by atoms with Gasteiger partial charge in [0.1, 0.15) is 5.54 Å². The van der Waals surface area contributed by atoms with E-state index in [-0.39, 0.29) is 18.4 Å². The number of amides is 2. The first-order chi connectivity index (χ1) is 7.99. The van der Waals surface area contributed by atoms with Gasteiger partial charge in [0, 0.05) is 11.4 Å². The minimum atomic E-state index is -0.773. The first kappa shape index (κ1) is 12.1. The molecular weight excluding hydrogens is 236 g/mol. The van der Waals surface area contributed by atoms with Crippen molar-refractivity contribution in [2.24, 2.45) is 0 Å². The summed E-state index contributed by atoms with van der Waals surface area (Å²) < 4.78 is 0. The van der Waals surface area contributed by atoms with Gasteiger partial charge in [-0.1, -0.05) is 6.07 Å². The normalized spacial score (nSPS) is 19.3. The number of nitrogens with one attached hydrogen (secondary N) is 1. The molecule has 0 bridgehead atoms. The Morgan fingerprint density at radius 2 is 2.24 bits per heavy atom. The summed E-state index contributed by atoms with van der Waals surface area (Å²) in [5.41, 5.74) is -0.773. The molecule has 0 radical (unpaired) electrons. The van der Waals surface area contributed by atoms with E-state index in [0.717, 1.165) is 6.42 Å². The van der Waals surface area contributed by atoms with Crippen molar-refractivity contribution in [2.45, 2.75) is 25.8 Å². The van der Waals surface area contributed by atoms with E-state index < -0.39 is 5.54 Å². The number of carbonyl (C=O) groups is 2.